The quantitative estimate of drug-likeness (QED) is 0.816. The van der Waals surface area contributed by atoms with E-state index < -0.39 is 15.7 Å². The van der Waals surface area contributed by atoms with Gasteiger partial charge in [-0.2, -0.15) is 0 Å². The summed E-state index contributed by atoms with van der Waals surface area (Å²) in [7, 11) is -0.286. The zero-order valence-corrected chi connectivity index (χ0v) is 11.2. The lowest BCUT2D eigenvalue weighted by Crippen LogP contribution is -2.22. The second kappa shape index (κ2) is 5.95. The summed E-state index contributed by atoms with van der Waals surface area (Å²) >= 11 is 0. The van der Waals surface area contributed by atoms with Gasteiger partial charge in [0.2, 0.25) is 5.91 Å². The van der Waals surface area contributed by atoms with Crippen molar-refractivity contribution in [2.24, 2.45) is 0 Å². The Morgan fingerprint density at radius 1 is 1.33 bits per heavy atom. The van der Waals surface area contributed by atoms with Crippen molar-refractivity contribution in [3.63, 3.8) is 0 Å². The first-order chi connectivity index (χ1) is 8.33. The van der Waals surface area contributed by atoms with Gasteiger partial charge in [0.15, 0.2) is 9.84 Å². The molecule has 18 heavy (non-hydrogen) atoms. The number of amides is 1. The highest BCUT2D eigenvalue weighted by Gasteiger charge is 2.15. The smallest absolute Gasteiger partial charge is 0.222 e. The molecule has 4 nitrogen and oxygen atoms in total. The van der Waals surface area contributed by atoms with Gasteiger partial charge in [0, 0.05) is 20.5 Å². The van der Waals surface area contributed by atoms with Crippen molar-refractivity contribution in [3.8, 4) is 0 Å². The van der Waals surface area contributed by atoms with Crippen molar-refractivity contribution >= 4 is 15.7 Å². The molecule has 0 atom stereocenters. The predicted molar refractivity (Wildman–Crippen MR) is 66.4 cm³/mol. The Bertz CT molecular complexity index is 526. The van der Waals surface area contributed by atoms with E-state index in [1.165, 1.54) is 23.1 Å². The molecule has 0 aliphatic rings. The van der Waals surface area contributed by atoms with Crippen molar-refractivity contribution < 1.29 is 17.6 Å². The number of nitrogens with zero attached hydrogens (tertiary/aromatic N) is 1. The summed E-state index contributed by atoms with van der Waals surface area (Å²) < 4.78 is 36.6. The molecule has 1 rings (SSSR count). The standard InChI is InChI=1S/C12H16FNO3S/c1-14(2)12(15)7-4-8-18(16,17)11-6-3-5-10(13)9-11/h3,5-6,9H,4,7-8H2,1-2H3. The monoisotopic (exact) mass is 273 g/mol. The van der Waals surface area contributed by atoms with E-state index in [4.69, 9.17) is 0 Å². The molecule has 0 fully saturated rings. The van der Waals surface area contributed by atoms with Crippen LogP contribution in [0.2, 0.25) is 0 Å². The van der Waals surface area contributed by atoms with Crippen LogP contribution in [0.1, 0.15) is 12.8 Å². The molecule has 0 aliphatic heterocycles. The van der Waals surface area contributed by atoms with Crippen LogP contribution >= 0.6 is 0 Å². The molecule has 1 aromatic carbocycles. The van der Waals surface area contributed by atoms with Crippen molar-refractivity contribution in [3.05, 3.63) is 30.1 Å². The molecule has 0 N–H and O–H groups in total. The van der Waals surface area contributed by atoms with E-state index in [9.17, 15) is 17.6 Å². The summed E-state index contributed by atoms with van der Waals surface area (Å²) in [6.45, 7) is 0. The fourth-order valence-electron chi connectivity index (χ4n) is 1.42. The van der Waals surface area contributed by atoms with Gasteiger partial charge in [0.05, 0.1) is 10.6 Å². The molecule has 100 valence electrons. The van der Waals surface area contributed by atoms with Gasteiger partial charge in [-0.25, -0.2) is 12.8 Å². The molecule has 6 heteroatoms. The minimum Gasteiger partial charge on any atom is -0.349 e. The Labute approximate surface area is 106 Å². The van der Waals surface area contributed by atoms with Gasteiger partial charge < -0.3 is 4.90 Å². The van der Waals surface area contributed by atoms with Gasteiger partial charge in [-0.3, -0.25) is 4.79 Å². The van der Waals surface area contributed by atoms with Gasteiger partial charge >= 0.3 is 0 Å². The number of hydrogen-bond acceptors (Lipinski definition) is 3. The van der Waals surface area contributed by atoms with Crippen LogP contribution in [0.15, 0.2) is 29.2 Å². The average molecular weight is 273 g/mol. The molecule has 0 bridgehead atoms. The average Bonchev–Trinajstić information content (AvgIpc) is 2.28. The normalized spacial score (nSPS) is 11.3. The second-order valence-electron chi connectivity index (χ2n) is 4.17. The molecule has 0 radical (unpaired) electrons. The van der Waals surface area contributed by atoms with Crippen LogP contribution < -0.4 is 0 Å². The first-order valence-electron chi connectivity index (χ1n) is 5.51. The minimum atomic E-state index is -3.51. The summed E-state index contributed by atoms with van der Waals surface area (Å²) in [5, 5.41) is 0. The van der Waals surface area contributed by atoms with Crippen LogP contribution in [0.3, 0.4) is 0 Å². The van der Waals surface area contributed by atoms with Gasteiger partial charge in [0.1, 0.15) is 5.82 Å². The number of halogens is 1. The largest absolute Gasteiger partial charge is 0.349 e. The zero-order chi connectivity index (χ0) is 13.8. The molecular formula is C12H16FNO3S. The topological polar surface area (TPSA) is 54.5 Å². The molecule has 0 spiro atoms. The Morgan fingerprint density at radius 3 is 2.56 bits per heavy atom. The van der Waals surface area contributed by atoms with Crippen LogP contribution in [0.5, 0.6) is 0 Å². The first kappa shape index (κ1) is 14.6. The van der Waals surface area contributed by atoms with Crippen molar-refractivity contribution in [1.82, 2.24) is 4.90 Å². The third-order valence-electron chi connectivity index (χ3n) is 2.46. The molecule has 0 saturated carbocycles. The lowest BCUT2D eigenvalue weighted by Gasteiger charge is -2.10. The van der Waals surface area contributed by atoms with E-state index in [2.05, 4.69) is 0 Å². The van der Waals surface area contributed by atoms with Gasteiger partial charge in [-0.15, -0.1) is 0 Å². The molecule has 0 unspecified atom stereocenters. The molecule has 0 saturated heterocycles. The van der Waals surface area contributed by atoms with Crippen molar-refractivity contribution in [1.29, 1.82) is 0 Å². The Morgan fingerprint density at radius 2 is 2.00 bits per heavy atom. The lowest BCUT2D eigenvalue weighted by atomic mass is 10.3. The molecule has 1 aromatic rings. The number of sulfone groups is 1. The van der Waals surface area contributed by atoms with Crippen LogP contribution in [-0.4, -0.2) is 39.1 Å². The van der Waals surface area contributed by atoms with Crippen LogP contribution in [-0.2, 0) is 14.6 Å². The van der Waals surface area contributed by atoms with Gasteiger partial charge in [0.25, 0.3) is 0 Å². The maximum absolute atomic E-state index is 12.9. The molecule has 0 aliphatic carbocycles. The van der Waals surface area contributed by atoms with E-state index in [1.807, 2.05) is 0 Å². The van der Waals surface area contributed by atoms with Crippen molar-refractivity contribution in [2.75, 3.05) is 19.8 Å². The summed E-state index contributed by atoms with van der Waals surface area (Å²) in [6.07, 6.45) is 0.400. The van der Waals surface area contributed by atoms with E-state index in [1.54, 1.807) is 14.1 Å². The first-order valence-corrected chi connectivity index (χ1v) is 7.16. The van der Waals surface area contributed by atoms with Crippen molar-refractivity contribution in [2.45, 2.75) is 17.7 Å². The fourth-order valence-corrected chi connectivity index (χ4v) is 2.75. The van der Waals surface area contributed by atoms with Gasteiger partial charge in [-0.05, 0) is 24.6 Å². The number of carbonyl (C=O) groups excluding carboxylic acids is 1. The number of rotatable bonds is 5. The lowest BCUT2D eigenvalue weighted by molar-refractivity contribution is -0.128. The summed E-state index contributed by atoms with van der Waals surface area (Å²) in [5.41, 5.74) is 0. The number of carbonyl (C=O) groups is 1. The maximum Gasteiger partial charge on any atom is 0.222 e. The zero-order valence-electron chi connectivity index (χ0n) is 10.4. The number of benzene rings is 1. The van der Waals surface area contributed by atoms with Crippen LogP contribution in [0.4, 0.5) is 4.39 Å². The second-order valence-corrected chi connectivity index (χ2v) is 6.28. The predicted octanol–water partition coefficient (Wildman–Crippen LogP) is 1.47. The highest BCUT2D eigenvalue weighted by Crippen LogP contribution is 2.14. The fraction of sp³-hybridized carbons (Fsp3) is 0.417. The molecule has 0 aromatic heterocycles. The Balaban J connectivity index is 2.64. The SMILES string of the molecule is CN(C)C(=O)CCCS(=O)(=O)c1cccc(F)c1. The minimum absolute atomic E-state index is 0.0418. The van der Waals surface area contributed by atoms with Crippen LogP contribution in [0, 0.1) is 5.82 Å². The summed E-state index contributed by atoms with van der Waals surface area (Å²) in [5.74, 6) is -0.861. The van der Waals surface area contributed by atoms with E-state index >= 15 is 0 Å². The summed E-state index contributed by atoms with van der Waals surface area (Å²) in [4.78, 5) is 12.7. The summed E-state index contributed by atoms with van der Waals surface area (Å²) in [6, 6.07) is 4.89. The van der Waals surface area contributed by atoms with E-state index in [0.717, 1.165) is 6.07 Å². The highest BCUT2D eigenvalue weighted by atomic mass is 32.2. The Kier molecular flexibility index (Phi) is 4.84. The highest BCUT2D eigenvalue weighted by molar-refractivity contribution is 7.91. The third kappa shape index (κ3) is 4.10. The molecular weight excluding hydrogens is 257 g/mol. The van der Waals surface area contributed by atoms with E-state index in [0.29, 0.717) is 0 Å². The van der Waals surface area contributed by atoms with Gasteiger partial charge in [-0.1, -0.05) is 6.07 Å². The maximum atomic E-state index is 12.9. The van der Waals surface area contributed by atoms with E-state index in [-0.39, 0.29) is 29.4 Å². The molecule has 0 heterocycles. The number of hydrogen-bond donors (Lipinski definition) is 0. The molecule has 1 amide bonds. The third-order valence-corrected chi connectivity index (χ3v) is 4.26. The Hall–Kier alpha value is -1.43. The van der Waals surface area contributed by atoms with Crippen LogP contribution in [0.25, 0.3) is 0 Å².